The zero-order chi connectivity index (χ0) is 22.3. The molecule has 2 atom stereocenters. The van der Waals surface area contributed by atoms with Crippen molar-refractivity contribution in [1.29, 1.82) is 0 Å². The fraction of sp³-hybridized carbons (Fsp3) is 0.263. The van der Waals surface area contributed by atoms with E-state index in [1.54, 1.807) is 0 Å². The lowest BCUT2D eigenvalue weighted by Gasteiger charge is -2.33. The minimum atomic E-state index is -5.17. The Morgan fingerprint density at radius 3 is 2.33 bits per heavy atom. The number of benzene rings is 2. The molecule has 1 N–H and O–H groups in total. The molecular formula is C19H14Cl3F3N2O3. The molecule has 1 aliphatic rings. The standard InChI is InChI=1S/C19H14Cl3F3N2O3/c1-10(30-16-7-6-13(21)8-14(16)22)17(28)27-18(29,19(23,24)25)9-15(26-27)11-2-4-12(20)5-3-11/h2-8,10,29H,9H2,1H3/t10-,18-/m0/s1. The van der Waals surface area contributed by atoms with E-state index in [1.807, 2.05) is 0 Å². The van der Waals surface area contributed by atoms with Crippen molar-refractivity contribution >= 4 is 46.4 Å². The largest absolute Gasteiger partial charge is 0.479 e. The Hall–Kier alpha value is -2.00. The van der Waals surface area contributed by atoms with Crippen LogP contribution in [0.2, 0.25) is 15.1 Å². The van der Waals surface area contributed by atoms with E-state index in [0.717, 1.165) is 0 Å². The van der Waals surface area contributed by atoms with E-state index in [-0.39, 0.29) is 27.1 Å². The van der Waals surface area contributed by atoms with Crippen molar-refractivity contribution in [2.75, 3.05) is 0 Å². The van der Waals surface area contributed by atoms with Gasteiger partial charge in [0.2, 0.25) is 0 Å². The number of carbonyl (C=O) groups is 1. The molecule has 2 aromatic carbocycles. The van der Waals surface area contributed by atoms with Crippen LogP contribution in [0.25, 0.3) is 0 Å². The van der Waals surface area contributed by atoms with Crippen LogP contribution in [0.4, 0.5) is 13.2 Å². The molecule has 1 aliphatic heterocycles. The second-order valence-corrected chi connectivity index (χ2v) is 7.81. The molecule has 11 heteroatoms. The molecular weight excluding hydrogens is 468 g/mol. The number of hydrazone groups is 1. The molecule has 0 spiro atoms. The first kappa shape index (κ1) is 22.7. The van der Waals surface area contributed by atoms with Gasteiger partial charge in [-0.25, -0.2) is 0 Å². The molecule has 0 saturated carbocycles. The van der Waals surface area contributed by atoms with Gasteiger partial charge >= 0.3 is 6.18 Å². The number of hydrogen-bond donors (Lipinski definition) is 1. The van der Waals surface area contributed by atoms with Gasteiger partial charge < -0.3 is 9.84 Å². The Balaban J connectivity index is 1.92. The minimum Gasteiger partial charge on any atom is -0.479 e. The first-order valence-electron chi connectivity index (χ1n) is 8.50. The van der Waals surface area contributed by atoms with E-state index in [1.165, 1.54) is 49.4 Å². The summed E-state index contributed by atoms with van der Waals surface area (Å²) in [5, 5.41) is 14.9. The van der Waals surface area contributed by atoms with Gasteiger partial charge in [0.1, 0.15) is 5.75 Å². The summed E-state index contributed by atoms with van der Waals surface area (Å²) < 4.78 is 46.5. The summed E-state index contributed by atoms with van der Waals surface area (Å²) >= 11 is 17.6. The Morgan fingerprint density at radius 2 is 1.77 bits per heavy atom. The van der Waals surface area contributed by atoms with Gasteiger partial charge in [-0.3, -0.25) is 4.79 Å². The molecule has 5 nitrogen and oxygen atoms in total. The Bertz CT molecular complexity index is 999. The second kappa shape index (κ2) is 8.26. The zero-order valence-corrected chi connectivity index (χ0v) is 17.5. The zero-order valence-electron chi connectivity index (χ0n) is 15.3. The highest BCUT2D eigenvalue weighted by molar-refractivity contribution is 6.35. The number of aliphatic hydroxyl groups is 1. The third-order valence-electron chi connectivity index (χ3n) is 4.37. The van der Waals surface area contributed by atoms with Gasteiger partial charge in [0.15, 0.2) is 6.10 Å². The number of alkyl halides is 3. The molecule has 2 aromatic rings. The van der Waals surface area contributed by atoms with Crippen molar-refractivity contribution in [2.45, 2.75) is 31.3 Å². The van der Waals surface area contributed by atoms with Gasteiger partial charge in [-0.05, 0) is 42.8 Å². The maximum absolute atomic E-state index is 13.7. The van der Waals surface area contributed by atoms with E-state index in [0.29, 0.717) is 10.0 Å². The minimum absolute atomic E-state index is 0.00539. The Morgan fingerprint density at radius 1 is 1.17 bits per heavy atom. The first-order valence-corrected chi connectivity index (χ1v) is 9.64. The van der Waals surface area contributed by atoms with E-state index in [9.17, 15) is 23.1 Å². The summed E-state index contributed by atoms with van der Waals surface area (Å²) in [7, 11) is 0. The van der Waals surface area contributed by atoms with E-state index >= 15 is 0 Å². The van der Waals surface area contributed by atoms with Crippen LogP contribution in [0.1, 0.15) is 18.9 Å². The molecule has 30 heavy (non-hydrogen) atoms. The number of ether oxygens (including phenoxy) is 1. The van der Waals surface area contributed by atoms with Crippen molar-refractivity contribution in [2.24, 2.45) is 5.10 Å². The maximum atomic E-state index is 13.7. The predicted molar refractivity (Wildman–Crippen MR) is 107 cm³/mol. The van der Waals surface area contributed by atoms with Crippen molar-refractivity contribution in [1.82, 2.24) is 5.01 Å². The van der Waals surface area contributed by atoms with Gasteiger partial charge in [-0.15, -0.1) is 0 Å². The van der Waals surface area contributed by atoms with Crippen LogP contribution in [0.5, 0.6) is 5.75 Å². The molecule has 0 saturated heterocycles. The van der Waals surface area contributed by atoms with Crippen LogP contribution >= 0.6 is 34.8 Å². The Kier molecular flexibility index (Phi) is 6.25. The highest BCUT2D eigenvalue weighted by Crippen LogP contribution is 2.42. The average molecular weight is 482 g/mol. The van der Waals surface area contributed by atoms with Crippen molar-refractivity contribution in [3.8, 4) is 5.75 Å². The highest BCUT2D eigenvalue weighted by atomic mass is 35.5. The summed E-state index contributed by atoms with van der Waals surface area (Å²) in [5.74, 6) is -1.16. The third kappa shape index (κ3) is 4.37. The van der Waals surface area contributed by atoms with Gasteiger partial charge in [-0.1, -0.05) is 46.9 Å². The van der Waals surface area contributed by atoms with Crippen LogP contribution in [-0.2, 0) is 4.79 Å². The summed E-state index contributed by atoms with van der Waals surface area (Å²) in [6.45, 7) is 1.22. The number of rotatable bonds is 4. The average Bonchev–Trinajstić information content (AvgIpc) is 3.02. The lowest BCUT2D eigenvalue weighted by atomic mass is 10.0. The SMILES string of the molecule is C[C@H](Oc1ccc(Cl)cc1Cl)C(=O)N1N=C(c2ccc(Cl)cc2)C[C@]1(O)C(F)(F)F. The first-order chi connectivity index (χ1) is 13.9. The topological polar surface area (TPSA) is 62.1 Å². The molecule has 0 bridgehead atoms. The Labute approximate surface area is 184 Å². The number of hydrogen-bond acceptors (Lipinski definition) is 4. The van der Waals surface area contributed by atoms with E-state index in [2.05, 4.69) is 5.10 Å². The number of nitrogens with zero attached hydrogens (tertiary/aromatic N) is 2. The van der Waals surface area contributed by atoms with Crippen molar-refractivity contribution < 1.29 is 27.8 Å². The van der Waals surface area contributed by atoms with Crippen LogP contribution in [0.15, 0.2) is 47.6 Å². The number of carbonyl (C=O) groups excluding carboxylic acids is 1. The van der Waals surface area contributed by atoms with Gasteiger partial charge in [0.05, 0.1) is 17.2 Å². The van der Waals surface area contributed by atoms with Gasteiger partial charge in [0, 0.05) is 10.0 Å². The van der Waals surface area contributed by atoms with Gasteiger partial charge in [-0.2, -0.15) is 23.3 Å². The quantitative estimate of drug-likeness (QED) is 0.644. The molecule has 0 unspecified atom stereocenters. The van der Waals surface area contributed by atoms with Crippen molar-refractivity contribution in [3.05, 3.63) is 63.1 Å². The smallest absolute Gasteiger partial charge is 0.438 e. The molecule has 1 heterocycles. The summed E-state index contributed by atoms with van der Waals surface area (Å²) in [5.41, 5.74) is -3.37. The third-order valence-corrected chi connectivity index (χ3v) is 5.15. The summed E-state index contributed by atoms with van der Waals surface area (Å²) in [4.78, 5) is 12.8. The van der Waals surface area contributed by atoms with Crippen LogP contribution in [-0.4, -0.2) is 39.7 Å². The van der Waals surface area contributed by atoms with E-state index in [4.69, 9.17) is 39.5 Å². The summed E-state index contributed by atoms with van der Waals surface area (Å²) in [6.07, 6.45) is -7.55. The maximum Gasteiger partial charge on any atom is 0.438 e. The fourth-order valence-electron chi connectivity index (χ4n) is 2.78. The lowest BCUT2D eigenvalue weighted by Crippen LogP contribution is -2.58. The summed E-state index contributed by atoms with van der Waals surface area (Å²) in [6, 6.07) is 9.98. The monoisotopic (exact) mass is 480 g/mol. The van der Waals surface area contributed by atoms with Crippen molar-refractivity contribution in [3.63, 3.8) is 0 Å². The number of halogens is 6. The molecule has 0 fully saturated rings. The predicted octanol–water partition coefficient (Wildman–Crippen LogP) is 5.30. The van der Waals surface area contributed by atoms with Gasteiger partial charge in [0.25, 0.3) is 11.6 Å². The molecule has 160 valence electrons. The number of amides is 1. The fourth-order valence-corrected chi connectivity index (χ4v) is 3.36. The highest BCUT2D eigenvalue weighted by Gasteiger charge is 2.63. The lowest BCUT2D eigenvalue weighted by molar-refractivity contribution is -0.303. The van der Waals surface area contributed by atoms with Crippen LogP contribution in [0, 0.1) is 0 Å². The molecule has 0 radical (unpaired) electrons. The molecule has 3 rings (SSSR count). The molecule has 1 amide bonds. The molecule has 0 aromatic heterocycles. The van der Waals surface area contributed by atoms with Crippen LogP contribution < -0.4 is 4.74 Å². The normalized spacial score (nSPS) is 20.1. The molecule has 0 aliphatic carbocycles. The van der Waals surface area contributed by atoms with E-state index < -0.39 is 30.3 Å². The van der Waals surface area contributed by atoms with Crippen LogP contribution in [0.3, 0.4) is 0 Å². The second-order valence-electron chi connectivity index (χ2n) is 6.53.